The molecule has 2 saturated carbocycles. The highest BCUT2D eigenvalue weighted by Gasteiger charge is 2.59. The zero-order valence-corrected chi connectivity index (χ0v) is 15.9. The van der Waals surface area contributed by atoms with Crippen molar-refractivity contribution in [3.05, 3.63) is 12.2 Å². The molecular formula is C21H34O4. The van der Waals surface area contributed by atoms with E-state index in [1.165, 1.54) is 25.7 Å². The van der Waals surface area contributed by atoms with Crippen molar-refractivity contribution in [2.24, 2.45) is 23.7 Å². The quantitative estimate of drug-likeness (QED) is 0.282. The SMILES string of the molecule is CCCCCC=CC1C2CC(=O)C(CCCCOCC(=O)OCC)C12. The molecule has 2 aliphatic carbocycles. The Morgan fingerprint density at radius 1 is 1.20 bits per heavy atom. The summed E-state index contributed by atoms with van der Waals surface area (Å²) in [6.07, 6.45) is 13.4. The van der Waals surface area contributed by atoms with E-state index in [0.717, 1.165) is 25.7 Å². The van der Waals surface area contributed by atoms with Crippen LogP contribution in [-0.4, -0.2) is 31.6 Å². The Bertz CT molecular complexity index is 457. The second kappa shape index (κ2) is 10.7. The smallest absolute Gasteiger partial charge is 0.332 e. The minimum absolute atomic E-state index is 0.0335. The average Bonchev–Trinajstić information content (AvgIpc) is 3.14. The largest absolute Gasteiger partial charge is 0.464 e. The molecule has 4 unspecified atom stereocenters. The molecule has 0 aliphatic heterocycles. The first kappa shape index (κ1) is 20.2. The van der Waals surface area contributed by atoms with Gasteiger partial charge in [0.05, 0.1) is 6.61 Å². The van der Waals surface area contributed by atoms with Crippen molar-refractivity contribution in [3.8, 4) is 0 Å². The van der Waals surface area contributed by atoms with Crippen LogP contribution in [0.1, 0.15) is 65.2 Å². The van der Waals surface area contributed by atoms with E-state index in [2.05, 4.69) is 19.1 Å². The third kappa shape index (κ3) is 6.25. The first-order valence-corrected chi connectivity index (χ1v) is 10.1. The molecule has 25 heavy (non-hydrogen) atoms. The Kier molecular flexibility index (Phi) is 8.66. The molecule has 0 saturated heterocycles. The van der Waals surface area contributed by atoms with Crippen molar-refractivity contribution in [1.82, 2.24) is 0 Å². The predicted octanol–water partition coefficient (Wildman–Crippen LogP) is 4.32. The van der Waals surface area contributed by atoms with Crippen LogP contribution in [0.5, 0.6) is 0 Å². The second-order valence-electron chi connectivity index (χ2n) is 7.37. The molecule has 4 nitrogen and oxygen atoms in total. The third-order valence-corrected chi connectivity index (χ3v) is 5.52. The number of unbranched alkanes of at least 4 members (excludes halogenated alkanes) is 4. The van der Waals surface area contributed by atoms with Crippen molar-refractivity contribution >= 4 is 11.8 Å². The maximum atomic E-state index is 12.1. The van der Waals surface area contributed by atoms with Crippen LogP contribution in [0.3, 0.4) is 0 Å². The average molecular weight is 350 g/mol. The summed E-state index contributed by atoms with van der Waals surface area (Å²) in [4.78, 5) is 23.3. The highest BCUT2D eigenvalue weighted by Crippen LogP contribution is 2.60. The van der Waals surface area contributed by atoms with Crippen molar-refractivity contribution in [3.63, 3.8) is 0 Å². The van der Waals surface area contributed by atoms with Gasteiger partial charge in [0.2, 0.25) is 0 Å². The molecule has 0 heterocycles. The molecule has 0 aromatic carbocycles. The fraction of sp³-hybridized carbons (Fsp3) is 0.810. The van der Waals surface area contributed by atoms with Crippen LogP contribution in [0.25, 0.3) is 0 Å². The summed E-state index contributed by atoms with van der Waals surface area (Å²) in [6.45, 7) is 5.01. The van der Waals surface area contributed by atoms with E-state index in [4.69, 9.17) is 9.47 Å². The molecule has 4 heteroatoms. The molecule has 0 amide bonds. The molecule has 142 valence electrons. The Morgan fingerprint density at radius 2 is 2.04 bits per heavy atom. The second-order valence-corrected chi connectivity index (χ2v) is 7.37. The summed E-state index contributed by atoms with van der Waals surface area (Å²) in [5.74, 6) is 2.32. The number of fused-ring (bicyclic) bond motifs is 1. The van der Waals surface area contributed by atoms with E-state index in [9.17, 15) is 9.59 Å². The zero-order valence-electron chi connectivity index (χ0n) is 15.9. The zero-order chi connectivity index (χ0) is 18.1. The van der Waals surface area contributed by atoms with Crippen molar-refractivity contribution in [2.45, 2.75) is 65.2 Å². The number of ether oxygens (including phenoxy) is 2. The number of carbonyl (C=O) groups excluding carboxylic acids is 2. The van der Waals surface area contributed by atoms with Crippen LogP contribution in [0.2, 0.25) is 0 Å². The predicted molar refractivity (Wildman–Crippen MR) is 98.2 cm³/mol. The van der Waals surface area contributed by atoms with Crippen LogP contribution in [0.15, 0.2) is 12.2 Å². The van der Waals surface area contributed by atoms with Crippen LogP contribution in [0, 0.1) is 23.7 Å². The summed E-state index contributed by atoms with van der Waals surface area (Å²) < 4.78 is 10.1. The van der Waals surface area contributed by atoms with E-state index in [1.807, 2.05) is 0 Å². The Morgan fingerprint density at radius 3 is 2.80 bits per heavy atom. The minimum atomic E-state index is -0.303. The van der Waals surface area contributed by atoms with Crippen molar-refractivity contribution in [2.75, 3.05) is 19.8 Å². The fourth-order valence-electron chi connectivity index (χ4n) is 4.18. The normalized spacial score (nSPS) is 27.7. The first-order chi connectivity index (χ1) is 12.2. The van der Waals surface area contributed by atoms with Gasteiger partial charge in [-0.3, -0.25) is 4.79 Å². The molecule has 0 aromatic rings. The lowest BCUT2D eigenvalue weighted by Gasteiger charge is -2.12. The summed E-state index contributed by atoms with van der Waals surface area (Å²) >= 11 is 0. The highest BCUT2D eigenvalue weighted by molar-refractivity contribution is 5.85. The molecule has 0 radical (unpaired) electrons. The van der Waals surface area contributed by atoms with Gasteiger partial charge in [-0.2, -0.15) is 0 Å². The number of esters is 1. The molecule has 0 N–H and O–H groups in total. The van der Waals surface area contributed by atoms with Crippen molar-refractivity contribution in [1.29, 1.82) is 0 Å². The lowest BCUT2D eigenvalue weighted by molar-refractivity contribution is -0.148. The molecule has 2 fully saturated rings. The summed E-state index contributed by atoms with van der Waals surface area (Å²) in [5, 5.41) is 0. The number of hydrogen-bond acceptors (Lipinski definition) is 4. The van der Waals surface area contributed by atoms with E-state index < -0.39 is 0 Å². The van der Waals surface area contributed by atoms with Gasteiger partial charge in [-0.25, -0.2) is 4.79 Å². The van der Waals surface area contributed by atoms with Gasteiger partial charge in [-0.1, -0.05) is 38.3 Å². The van der Waals surface area contributed by atoms with Gasteiger partial charge in [0, 0.05) is 18.9 Å². The molecule has 0 bridgehead atoms. The monoisotopic (exact) mass is 350 g/mol. The number of Topliss-reactive ketones (excluding diaryl/α,β-unsaturated/α-hetero) is 1. The maximum Gasteiger partial charge on any atom is 0.332 e. The molecule has 0 spiro atoms. The number of ketones is 1. The molecule has 0 aromatic heterocycles. The Balaban J connectivity index is 1.57. The number of rotatable bonds is 13. The minimum Gasteiger partial charge on any atom is -0.464 e. The summed E-state index contributed by atoms with van der Waals surface area (Å²) in [5.41, 5.74) is 0. The number of hydrogen-bond donors (Lipinski definition) is 0. The third-order valence-electron chi connectivity index (χ3n) is 5.52. The maximum absolute atomic E-state index is 12.1. The molecule has 4 atom stereocenters. The van der Waals surface area contributed by atoms with E-state index >= 15 is 0 Å². The van der Waals surface area contributed by atoms with Gasteiger partial charge in [0.1, 0.15) is 12.4 Å². The Labute approximate surface area is 152 Å². The molecule has 2 rings (SSSR count). The van der Waals surface area contributed by atoms with E-state index in [1.54, 1.807) is 6.92 Å². The lowest BCUT2D eigenvalue weighted by Crippen LogP contribution is -2.15. The van der Waals surface area contributed by atoms with Crippen LogP contribution < -0.4 is 0 Å². The highest BCUT2D eigenvalue weighted by atomic mass is 16.6. The van der Waals surface area contributed by atoms with Crippen molar-refractivity contribution < 1.29 is 19.1 Å². The van der Waals surface area contributed by atoms with Gasteiger partial charge in [-0.05, 0) is 50.4 Å². The van der Waals surface area contributed by atoms with Gasteiger partial charge < -0.3 is 9.47 Å². The van der Waals surface area contributed by atoms with Gasteiger partial charge in [0.25, 0.3) is 0 Å². The number of carbonyl (C=O) groups is 2. The first-order valence-electron chi connectivity index (χ1n) is 10.1. The summed E-state index contributed by atoms with van der Waals surface area (Å²) in [6, 6.07) is 0. The number of allylic oxidation sites excluding steroid dienone is 2. The molecular weight excluding hydrogens is 316 g/mol. The van der Waals surface area contributed by atoms with Crippen LogP contribution >= 0.6 is 0 Å². The van der Waals surface area contributed by atoms with Gasteiger partial charge in [0.15, 0.2) is 0 Å². The standard InChI is InChI=1S/C21H34O4/c1-3-5-6-7-8-11-16-18-14-19(22)17(21(16)18)12-9-10-13-24-15-20(23)25-4-2/h8,11,16-18,21H,3-7,9-10,12-15H2,1-2H3. The van der Waals surface area contributed by atoms with Crippen LogP contribution in [-0.2, 0) is 19.1 Å². The van der Waals surface area contributed by atoms with Gasteiger partial charge in [-0.15, -0.1) is 0 Å². The molecule has 2 aliphatic rings. The van der Waals surface area contributed by atoms with E-state index in [-0.39, 0.29) is 18.5 Å². The fourth-order valence-corrected chi connectivity index (χ4v) is 4.18. The topological polar surface area (TPSA) is 52.6 Å². The lowest BCUT2D eigenvalue weighted by atomic mass is 9.93. The Hall–Kier alpha value is -1.16. The van der Waals surface area contributed by atoms with E-state index in [0.29, 0.717) is 36.8 Å². The van der Waals surface area contributed by atoms with Crippen LogP contribution in [0.4, 0.5) is 0 Å². The van der Waals surface area contributed by atoms with Gasteiger partial charge >= 0.3 is 5.97 Å². The summed E-state index contributed by atoms with van der Waals surface area (Å²) in [7, 11) is 0.